The van der Waals surface area contributed by atoms with Crippen molar-refractivity contribution in [2.45, 2.75) is 25.3 Å². The van der Waals surface area contributed by atoms with Crippen LogP contribution in [0, 0.1) is 0 Å². The van der Waals surface area contributed by atoms with Crippen molar-refractivity contribution in [3.05, 3.63) is 28.2 Å². The number of benzene rings is 1. The highest BCUT2D eigenvalue weighted by molar-refractivity contribution is 9.10. The van der Waals surface area contributed by atoms with E-state index >= 15 is 0 Å². The summed E-state index contributed by atoms with van der Waals surface area (Å²) in [6.45, 7) is 1.72. The molecule has 0 saturated heterocycles. The summed E-state index contributed by atoms with van der Waals surface area (Å²) >= 11 is 9.05. The molecule has 0 aliphatic carbocycles. The second-order valence-corrected chi connectivity index (χ2v) is 4.40. The van der Waals surface area contributed by atoms with Gasteiger partial charge in [-0.25, -0.2) is 0 Å². The van der Waals surface area contributed by atoms with Crippen LogP contribution >= 0.6 is 27.5 Å². The van der Waals surface area contributed by atoms with Crippen LogP contribution < -0.4 is 9.84 Å². The third-order valence-electron chi connectivity index (χ3n) is 2.07. The SMILES string of the molecule is CCC(Oc1ccc(Br)cc1CCl)C(=O)[O-]. The van der Waals surface area contributed by atoms with Gasteiger partial charge in [-0.3, -0.25) is 0 Å². The molecule has 0 fully saturated rings. The van der Waals surface area contributed by atoms with Gasteiger partial charge in [0.15, 0.2) is 0 Å². The maximum absolute atomic E-state index is 10.7. The number of rotatable bonds is 5. The lowest BCUT2D eigenvalue weighted by Crippen LogP contribution is -2.39. The Balaban J connectivity index is 2.91. The molecule has 1 aromatic carbocycles. The van der Waals surface area contributed by atoms with Gasteiger partial charge in [-0.1, -0.05) is 22.9 Å². The number of hydrogen-bond acceptors (Lipinski definition) is 3. The summed E-state index contributed by atoms with van der Waals surface area (Å²) in [5.41, 5.74) is 0.746. The van der Waals surface area contributed by atoms with Crippen LogP contribution in [-0.2, 0) is 10.7 Å². The largest absolute Gasteiger partial charge is 0.546 e. The number of carboxylic acids is 1. The van der Waals surface area contributed by atoms with Gasteiger partial charge in [-0.15, -0.1) is 11.6 Å². The maximum Gasteiger partial charge on any atom is 0.138 e. The Bertz CT molecular complexity index is 381. The molecule has 0 aliphatic rings. The van der Waals surface area contributed by atoms with Crippen LogP contribution in [0.4, 0.5) is 0 Å². The number of ether oxygens (including phenoxy) is 1. The second kappa shape index (κ2) is 6.11. The first-order valence-corrected chi connectivity index (χ1v) is 6.13. The topological polar surface area (TPSA) is 49.4 Å². The lowest BCUT2D eigenvalue weighted by atomic mass is 10.2. The number of carbonyl (C=O) groups excluding carboxylic acids is 1. The molecule has 0 spiro atoms. The molecule has 0 saturated carbocycles. The van der Waals surface area contributed by atoms with Gasteiger partial charge in [-0.2, -0.15) is 0 Å². The fourth-order valence-electron chi connectivity index (χ4n) is 1.22. The number of aliphatic carboxylic acids is 1. The molecule has 1 aromatic rings. The summed E-state index contributed by atoms with van der Waals surface area (Å²) in [5.74, 6) is -0.474. The Morgan fingerprint density at radius 2 is 2.31 bits per heavy atom. The van der Waals surface area contributed by atoms with E-state index in [1.165, 1.54) is 0 Å². The van der Waals surface area contributed by atoms with E-state index in [1.807, 2.05) is 0 Å². The van der Waals surface area contributed by atoms with E-state index in [4.69, 9.17) is 16.3 Å². The minimum absolute atomic E-state index is 0.262. The van der Waals surface area contributed by atoms with Crippen LogP contribution in [0.1, 0.15) is 18.9 Å². The molecule has 88 valence electrons. The highest BCUT2D eigenvalue weighted by Crippen LogP contribution is 2.25. The average molecular weight is 307 g/mol. The molecule has 1 rings (SSSR count). The third kappa shape index (κ3) is 3.39. The smallest absolute Gasteiger partial charge is 0.138 e. The van der Waals surface area contributed by atoms with E-state index in [-0.39, 0.29) is 5.88 Å². The molecule has 0 amide bonds. The molecule has 3 nitrogen and oxygen atoms in total. The predicted octanol–water partition coefficient (Wildman–Crippen LogP) is 2.10. The Kier molecular flexibility index (Phi) is 5.09. The molecule has 0 aliphatic heterocycles. The first-order chi connectivity index (χ1) is 7.58. The third-order valence-corrected chi connectivity index (χ3v) is 2.85. The van der Waals surface area contributed by atoms with Gasteiger partial charge in [0.25, 0.3) is 0 Å². The van der Waals surface area contributed by atoms with Crippen molar-refractivity contribution >= 4 is 33.5 Å². The average Bonchev–Trinajstić information content (AvgIpc) is 2.26. The van der Waals surface area contributed by atoms with E-state index in [9.17, 15) is 9.90 Å². The summed E-state index contributed by atoms with van der Waals surface area (Å²) in [5, 5.41) is 10.7. The quantitative estimate of drug-likeness (QED) is 0.783. The van der Waals surface area contributed by atoms with Crippen molar-refractivity contribution in [1.29, 1.82) is 0 Å². The zero-order valence-corrected chi connectivity index (χ0v) is 11.0. The molecular weight excluding hydrogens is 295 g/mol. The first-order valence-electron chi connectivity index (χ1n) is 4.80. The zero-order valence-electron chi connectivity index (χ0n) is 8.70. The van der Waals surface area contributed by atoms with Gasteiger partial charge in [-0.05, 0) is 24.6 Å². The second-order valence-electron chi connectivity index (χ2n) is 3.22. The molecule has 0 bridgehead atoms. The highest BCUT2D eigenvalue weighted by atomic mass is 79.9. The van der Waals surface area contributed by atoms with Crippen LogP contribution in [0.15, 0.2) is 22.7 Å². The maximum atomic E-state index is 10.7. The van der Waals surface area contributed by atoms with Gasteiger partial charge >= 0.3 is 0 Å². The van der Waals surface area contributed by atoms with Gasteiger partial charge in [0.05, 0.1) is 11.8 Å². The molecule has 5 heteroatoms. The van der Waals surface area contributed by atoms with E-state index in [0.29, 0.717) is 12.2 Å². The van der Waals surface area contributed by atoms with Gasteiger partial charge in [0.1, 0.15) is 11.9 Å². The Morgan fingerprint density at radius 1 is 1.62 bits per heavy atom. The van der Waals surface area contributed by atoms with Crippen molar-refractivity contribution in [3.8, 4) is 5.75 Å². The van der Waals surface area contributed by atoms with Gasteiger partial charge in [0.2, 0.25) is 0 Å². The Morgan fingerprint density at radius 3 is 2.81 bits per heavy atom. The number of halogens is 2. The summed E-state index contributed by atoms with van der Waals surface area (Å²) in [6.07, 6.45) is -0.594. The Hall–Kier alpha value is -0.740. The van der Waals surface area contributed by atoms with E-state index < -0.39 is 12.1 Å². The van der Waals surface area contributed by atoms with E-state index in [1.54, 1.807) is 25.1 Å². The monoisotopic (exact) mass is 305 g/mol. The summed E-state index contributed by atoms with van der Waals surface area (Å²) < 4.78 is 6.21. The number of alkyl halides is 1. The summed E-state index contributed by atoms with van der Waals surface area (Å²) in [7, 11) is 0. The highest BCUT2D eigenvalue weighted by Gasteiger charge is 2.12. The van der Waals surface area contributed by atoms with E-state index in [2.05, 4.69) is 15.9 Å². The van der Waals surface area contributed by atoms with Crippen molar-refractivity contribution < 1.29 is 14.6 Å². The van der Waals surface area contributed by atoms with Crippen molar-refractivity contribution in [3.63, 3.8) is 0 Å². The van der Waals surface area contributed by atoms with Gasteiger partial charge < -0.3 is 14.6 Å². The molecule has 0 radical (unpaired) electrons. The fourth-order valence-corrected chi connectivity index (χ4v) is 1.84. The first kappa shape index (κ1) is 13.3. The van der Waals surface area contributed by atoms with Crippen LogP contribution in [0.2, 0.25) is 0 Å². The number of hydrogen-bond donors (Lipinski definition) is 0. The van der Waals surface area contributed by atoms with Crippen LogP contribution in [0.3, 0.4) is 0 Å². The Labute approximate surface area is 107 Å². The molecule has 1 unspecified atom stereocenters. The minimum atomic E-state index is -1.22. The van der Waals surface area contributed by atoms with Crippen molar-refractivity contribution in [2.75, 3.05) is 0 Å². The predicted molar refractivity (Wildman–Crippen MR) is 63.4 cm³/mol. The van der Waals surface area contributed by atoms with Crippen LogP contribution in [-0.4, -0.2) is 12.1 Å². The molecule has 1 atom stereocenters. The lowest BCUT2D eigenvalue weighted by molar-refractivity contribution is -0.313. The van der Waals surface area contributed by atoms with Crippen molar-refractivity contribution in [2.24, 2.45) is 0 Å². The minimum Gasteiger partial charge on any atom is -0.546 e. The summed E-state index contributed by atoms with van der Waals surface area (Å²) in [4.78, 5) is 10.7. The van der Waals surface area contributed by atoms with E-state index in [0.717, 1.165) is 10.0 Å². The molecule has 0 N–H and O–H groups in total. The standard InChI is InChI=1S/C11H12BrClO3/c1-2-9(11(14)15)16-10-4-3-8(12)5-7(10)6-13/h3-5,9H,2,6H2,1H3,(H,14,15)/p-1. The summed E-state index contributed by atoms with van der Waals surface area (Å²) in [6, 6.07) is 5.26. The number of carboxylic acid groups (broad SMARTS) is 1. The molecule has 0 aromatic heterocycles. The zero-order chi connectivity index (χ0) is 12.1. The fraction of sp³-hybridized carbons (Fsp3) is 0.364. The molecule has 0 heterocycles. The normalized spacial score (nSPS) is 12.2. The van der Waals surface area contributed by atoms with Crippen LogP contribution in [0.25, 0.3) is 0 Å². The van der Waals surface area contributed by atoms with Crippen molar-refractivity contribution in [1.82, 2.24) is 0 Å². The molecular formula is C11H11BrClO3-. The lowest BCUT2D eigenvalue weighted by Gasteiger charge is -2.20. The van der Waals surface area contributed by atoms with Crippen LogP contribution in [0.5, 0.6) is 5.75 Å². The molecule has 16 heavy (non-hydrogen) atoms. The van der Waals surface area contributed by atoms with Gasteiger partial charge in [0, 0.05) is 10.0 Å². The number of carbonyl (C=O) groups is 1.